The monoisotopic (exact) mass is 343 g/mol. The van der Waals surface area contributed by atoms with E-state index < -0.39 is 0 Å². The molecule has 2 aromatic carbocycles. The number of aromatic nitrogens is 2. The average molecular weight is 344 g/mol. The highest BCUT2D eigenvalue weighted by molar-refractivity contribution is 7.08. The Kier molecular flexibility index (Phi) is 4.69. The molecule has 0 bridgehead atoms. The number of hydrogen-bond acceptors (Lipinski definition) is 4. The van der Waals surface area contributed by atoms with E-state index in [1.807, 2.05) is 49.4 Å². The van der Waals surface area contributed by atoms with Crippen molar-refractivity contribution < 1.29 is 4.79 Å². The van der Waals surface area contributed by atoms with Crippen LogP contribution in [0.2, 0.25) is 5.02 Å². The summed E-state index contributed by atoms with van der Waals surface area (Å²) in [5.41, 5.74) is 2.44. The first-order chi connectivity index (χ1) is 11.1. The lowest BCUT2D eigenvalue weighted by molar-refractivity contribution is 0.0944. The van der Waals surface area contributed by atoms with Crippen LogP contribution in [0.4, 0.5) is 0 Å². The average Bonchev–Trinajstić information content (AvgIpc) is 3.06. The van der Waals surface area contributed by atoms with E-state index in [-0.39, 0.29) is 11.9 Å². The first kappa shape index (κ1) is 15.6. The molecule has 1 unspecified atom stereocenters. The van der Waals surface area contributed by atoms with E-state index in [2.05, 4.69) is 14.9 Å². The maximum absolute atomic E-state index is 12.5. The van der Waals surface area contributed by atoms with E-state index >= 15 is 0 Å². The summed E-state index contributed by atoms with van der Waals surface area (Å²) in [7, 11) is 0. The summed E-state index contributed by atoms with van der Waals surface area (Å²) in [6.07, 6.45) is 0. The molecule has 0 spiro atoms. The molecule has 0 aliphatic carbocycles. The number of carbonyl (C=O) groups is 1. The van der Waals surface area contributed by atoms with Crippen LogP contribution in [0.5, 0.6) is 0 Å². The number of nitrogens with zero attached hydrogens (tertiary/aromatic N) is 2. The van der Waals surface area contributed by atoms with Crippen LogP contribution in [0, 0.1) is 0 Å². The van der Waals surface area contributed by atoms with Crippen molar-refractivity contribution in [1.29, 1.82) is 0 Å². The molecule has 1 heterocycles. The van der Waals surface area contributed by atoms with E-state index in [4.69, 9.17) is 11.6 Å². The molecule has 1 N–H and O–H groups in total. The number of benzene rings is 2. The zero-order chi connectivity index (χ0) is 16.2. The third kappa shape index (κ3) is 3.57. The molecular formula is C17H14ClN3OS. The zero-order valence-electron chi connectivity index (χ0n) is 12.4. The maximum Gasteiger partial charge on any atom is 0.265 e. The Hall–Kier alpha value is -2.24. The minimum absolute atomic E-state index is 0.0936. The highest BCUT2D eigenvalue weighted by atomic mass is 35.5. The molecule has 0 saturated carbocycles. The number of carbonyl (C=O) groups excluding carboxylic acids is 1. The minimum Gasteiger partial charge on any atom is -0.345 e. The molecule has 4 nitrogen and oxygen atoms in total. The maximum atomic E-state index is 12.5. The van der Waals surface area contributed by atoms with Crippen LogP contribution in [0.1, 0.15) is 28.2 Å². The number of hydrogen-bond donors (Lipinski definition) is 1. The zero-order valence-corrected chi connectivity index (χ0v) is 13.9. The molecule has 1 amide bonds. The van der Waals surface area contributed by atoms with E-state index in [1.165, 1.54) is 0 Å². The SMILES string of the molecule is CC(NC(=O)c1snnc1-c1ccc(Cl)cc1)c1ccccc1. The van der Waals surface area contributed by atoms with Crippen molar-refractivity contribution in [2.24, 2.45) is 0 Å². The molecule has 1 aromatic heterocycles. The van der Waals surface area contributed by atoms with Crippen LogP contribution in [0.3, 0.4) is 0 Å². The Bertz CT molecular complexity index is 802. The second kappa shape index (κ2) is 6.89. The summed E-state index contributed by atoms with van der Waals surface area (Å²) >= 11 is 6.99. The van der Waals surface area contributed by atoms with Gasteiger partial charge in [0.1, 0.15) is 10.6 Å². The number of amides is 1. The summed E-state index contributed by atoms with van der Waals surface area (Å²) < 4.78 is 3.92. The highest BCUT2D eigenvalue weighted by Gasteiger charge is 2.19. The smallest absolute Gasteiger partial charge is 0.265 e. The molecule has 1 atom stereocenters. The Balaban J connectivity index is 1.81. The first-order valence-electron chi connectivity index (χ1n) is 7.09. The van der Waals surface area contributed by atoms with Crippen molar-refractivity contribution in [1.82, 2.24) is 14.9 Å². The minimum atomic E-state index is -0.179. The van der Waals surface area contributed by atoms with Gasteiger partial charge in [0, 0.05) is 10.6 Å². The predicted octanol–water partition coefficient (Wildman–Crippen LogP) is 4.35. The molecule has 0 fully saturated rings. The van der Waals surface area contributed by atoms with Crippen molar-refractivity contribution in [3.05, 3.63) is 70.1 Å². The second-order valence-corrected chi connectivity index (χ2v) is 6.25. The van der Waals surface area contributed by atoms with Gasteiger partial charge in [0.05, 0.1) is 6.04 Å². The third-order valence-electron chi connectivity index (χ3n) is 3.46. The molecule has 0 aliphatic heterocycles. The van der Waals surface area contributed by atoms with Gasteiger partial charge in [-0.05, 0) is 36.2 Å². The van der Waals surface area contributed by atoms with Gasteiger partial charge in [-0.3, -0.25) is 4.79 Å². The first-order valence-corrected chi connectivity index (χ1v) is 8.24. The summed E-state index contributed by atoms with van der Waals surface area (Å²) in [5, 5.41) is 7.71. The van der Waals surface area contributed by atoms with E-state index in [1.54, 1.807) is 12.1 Å². The van der Waals surface area contributed by atoms with Crippen LogP contribution in [0.15, 0.2) is 54.6 Å². The van der Waals surface area contributed by atoms with Crippen LogP contribution >= 0.6 is 23.1 Å². The summed E-state index contributed by atoms with van der Waals surface area (Å²) in [5.74, 6) is -0.179. The van der Waals surface area contributed by atoms with Gasteiger partial charge in [0.15, 0.2) is 0 Å². The molecule has 23 heavy (non-hydrogen) atoms. The molecule has 0 saturated heterocycles. The van der Waals surface area contributed by atoms with E-state index in [0.717, 1.165) is 22.7 Å². The molecular weight excluding hydrogens is 330 g/mol. The summed E-state index contributed by atoms with van der Waals surface area (Å²) in [4.78, 5) is 13.0. The van der Waals surface area contributed by atoms with Crippen LogP contribution in [-0.4, -0.2) is 15.5 Å². The van der Waals surface area contributed by atoms with Gasteiger partial charge in [-0.2, -0.15) is 0 Å². The normalized spacial score (nSPS) is 11.9. The Morgan fingerprint density at radius 1 is 1.13 bits per heavy atom. The van der Waals surface area contributed by atoms with Gasteiger partial charge in [-0.1, -0.05) is 58.6 Å². The van der Waals surface area contributed by atoms with Crippen LogP contribution in [0.25, 0.3) is 11.3 Å². The summed E-state index contributed by atoms with van der Waals surface area (Å²) in [6, 6.07) is 16.9. The molecule has 6 heteroatoms. The number of nitrogens with one attached hydrogen (secondary N) is 1. The lowest BCUT2D eigenvalue weighted by Gasteiger charge is -2.13. The standard InChI is InChI=1S/C17H14ClN3OS/c1-11(12-5-3-2-4-6-12)19-17(22)16-15(20-21-23-16)13-7-9-14(18)10-8-13/h2-11H,1H3,(H,19,22). The molecule has 3 aromatic rings. The molecule has 3 rings (SSSR count). The van der Waals surface area contributed by atoms with Gasteiger partial charge in [-0.25, -0.2) is 0 Å². The van der Waals surface area contributed by atoms with Crippen LogP contribution in [-0.2, 0) is 0 Å². The van der Waals surface area contributed by atoms with Gasteiger partial charge in [-0.15, -0.1) is 5.10 Å². The van der Waals surface area contributed by atoms with Gasteiger partial charge >= 0.3 is 0 Å². The lowest BCUT2D eigenvalue weighted by Crippen LogP contribution is -2.26. The Morgan fingerprint density at radius 3 is 2.52 bits per heavy atom. The van der Waals surface area contributed by atoms with Gasteiger partial charge in [0.25, 0.3) is 5.91 Å². The van der Waals surface area contributed by atoms with Crippen molar-refractivity contribution in [3.63, 3.8) is 0 Å². The predicted molar refractivity (Wildman–Crippen MR) is 92.7 cm³/mol. The Labute approximate surface area is 143 Å². The lowest BCUT2D eigenvalue weighted by atomic mass is 10.1. The largest absolute Gasteiger partial charge is 0.345 e. The van der Waals surface area contributed by atoms with Crippen molar-refractivity contribution in [2.75, 3.05) is 0 Å². The fraction of sp³-hybridized carbons (Fsp3) is 0.118. The quantitative estimate of drug-likeness (QED) is 0.766. The van der Waals surface area contributed by atoms with Crippen molar-refractivity contribution in [2.45, 2.75) is 13.0 Å². The number of halogens is 1. The molecule has 0 radical (unpaired) electrons. The van der Waals surface area contributed by atoms with Crippen molar-refractivity contribution in [3.8, 4) is 11.3 Å². The molecule has 116 valence electrons. The van der Waals surface area contributed by atoms with E-state index in [9.17, 15) is 4.79 Å². The van der Waals surface area contributed by atoms with Gasteiger partial charge < -0.3 is 5.32 Å². The topological polar surface area (TPSA) is 54.9 Å². The fourth-order valence-electron chi connectivity index (χ4n) is 2.22. The van der Waals surface area contributed by atoms with Crippen LogP contribution < -0.4 is 5.32 Å². The number of rotatable bonds is 4. The highest BCUT2D eigenvalue weighted by Crippen LogP contribution is 2.26. The van der Waals surface area contributed by atoms with Gasteiger partial charge in [0.2, 0.25) is 0 Å². The Morgan fingerprint density at radius 2 is 1.83 bits per heavy atom. The van der Waals surface area contributed by atoms with Crippen molar-refractivity contribution >= 4 is 29.0 Å². The summed E-state index contributed by atoms with van der Waals surface area (Å²) in [6.45, 7) is 1.95. The van der Waals surface area contributed by atoms with E-state index in [0.29, 0.717) is 15.6 Å². The third-order valence-corrected chi connectivity index (χ3v) is 4.44. The fourth-order valence-corrected chi connectivity index (χ4v) is 2.94. The second-order valence-electron chi connectivity index (χ2n) is 5.06. The molecule has 0 aliphatic rings.